The number of ether oxygens (including phenoxy) is 3. The third kappa shape index (κ3) is 8.14. The highest BCUT2D eigenvalue weighted by atomic mass is 32.2. The third-order valence-corrected chi connectivity index (χ3v) is 11.2. The Morgan fingerprint density at radius 1 is 0.889 bits per heavy atom. The topological polar surface area (TPSA) is 102 Å². The third-order valence-electron chi connectivity index (χ3n) is 9.23. The zero-order valence-electron chi connectivity index (χ0n) is 26.2. The molecule has 0 bridgehead atoms. The molecule has 3 aromatic rings. The van der Waals surface area contributed by atoms with E-state index in [1.807, 2.05) is 67.6 Å². The molecule has 1 N–H and O–H groups in total. The zero-order valence-corrected chi connectivity index (χ0v) is 27.0. The van der Waals surface area contributed by atoms with E-state index in [0.717, 1.165) is 29.5 Å². The van der Waals surface area contributed by atoms with E-state index < -0.39 is 16.1 Å². The van der Waals surface area contributed by atoms with Crippen molar-refractivity contribution in [2.75, 3.05) is 26.6 Å². The predicted molar refractivity (Wildman–Crippen MR) is 173 cm³/mol. The van der Waals surface area contributed by atoms with Crippen LogP contribution in [0.5, 0.6) is 11.5 Å². The van der Waals surface area contributed by atoms with E-state index in [1.54, 1.807) is 42.8 Å². The number of aliphatic hydroxyl groups excluding tert-OH is 1. The number of rotatable bonds is 15. The summed E-state index contributed by atoms with van der Waals surface area (Å²) in [7, 11) is -0.431. The summed E-state index contributed by atoms with van der Waals surface area (Å²) in [6, 6.07) is 23.8. The molecule has 0 aliphatic heterocycles. The van der Waals surface area contributed by atoms with Gasteiger partial charge in [-0.15, -0.1) is 0 Å². The molecular weight excluding hydrogens is 590 g/mol. The van der Waals surface area contributed by atoms with Gasteiger partial charge in [0.2, 0.25) is 10.0 Å². The summed E-state index contributed by atoms with van der Waals surface area (Å²) in [6.45, 7) is 2.75. The SMILES string of the molecule is COc1ccc(CN(Cc2ccc(OC)cc2)S(=O)(=O)C[C@@H](C)C2C=C([C@H](O)[C@@H]3CC[C@H]3COC(=O)c3ccccc3)C2)cc1. The monoisotopic (exact) mass is 633 g/mol. The van der Waals surface area contributed by atoms with Crippen LogP contribution in [0.1, 0.15) is 47.7 Å². The van der Waals surface area contributed by atoms with Gasteiger partial charge in [-0.25, -0.2) is 13.2 Å². The molecule has 1 fully saturated rings. The van der Waals surface area contributed by atoms with Crippen LogP contribution in [-0.2, 0) is 27.8 Å². The largest absolute Gasteiger partial charge is 0.497 e. The van der Waals surface area contributed by atoms with E-state index in [-0.39, 0.29) is 48.5 Å². The van der Waals surface area contributed by atoms with Crippen molar-refractivity contribution >= 4 is 16.0 Å². The van der Waals surface area contributed by atoms with E-state index in [0.29, 0.717) is 30.1 Å². The number of hydrogen-bond donors (Lipinski definition) is 1. The highest BCUT2D eigenvalue weighted by Gasteiger charge is 2.42. The minimum absolute atomic E-state index is 0.00530. The lowest BCUT2D eigenvalue weighted by Crippen LogP contribution is -2.42. The Hall–Kier alpha value is -3.66. The van der Waals surface area contributed by atoms with Gasteiger partial charge in [-0.1, -0.05) is 55.5 Å². The summed E-state index contributed by atoms with van der Waals surface area (Å²) in [5, 5.41) is 11.1. The molecule has 0 saturated heterocycles. The van der Waals surface area contributed by atoms with E-state index in [9.17, 15) is 18.3 Å². The maximum absolute atomic E-state index is 13.9. The minimum atomic E-state index is -3.63. The molecule has 1 unspecified atom stereocenters. The Kier molecular flexibility index (Phi) is 10.6. The number of sulfonamides is 1. The molecule has 2 aliphatic carbocycles. The van der Waals surface area contributed by atoms with Crippen LogP contribution < -0.4 is 9.47 Å². The Bertz CT molecular complexity index is 1510. The highest BCUT2D eigenvalue weighted by Crippen LogP contribution is 2.44. The maximum atomic E-state index is 13.9. The van der Waals surface area contributed by atoms with E-state index in [4.69, 9.17) is 14.2 Å². The Morgan fingerprint density at radius 3 is 1.93 bits per heavy atom. The van der Waals surface area contributed by atoms with Gasteiger partial charge in [-0.3, -0.25) is 0 Å². The maximum Gasteiger partial charge on any atom is 0.338 e. The van der Waals surface area contributed by atoms with Crippen LogP contribution in [0.2, 0.25) is 0 Å². The number of carbonyl (C=O) groups excluding carboxylic acids is 1. The average Bonchev–Trinajstić information content (AvgIpc) is 3.00. The van der Waals surface area contributed by atoms with Crippen molar-refractivity contribution in [3.8, 4) is 11.5 Å². The van der Waals surface area contributed by atoms with Crippen molar-refractivity contribution < 1.29 is 32.5 Å². The summed E-state index contributed by atoms with van der Waals surface area (Å²) >= 11 is 0. The summed E-state index contributed by atoms with van der Waals surface area (Å²) in [5.74, 6) is 1.21. The summed E-state index contributed by atoms with van der Waals surface area (Å²) < 4.78 is 45.3. The molecule has 9 heteroatoms. The Morgan fingerprint density at radius 2 is 1.44 bits per heavy atom. The van der Waals surface area contributed by atoms with Gasteiger partial charge in [0.1, 0.15) is 11.5 Å². The van der Waals surface area contributed by atoms with Crippen molar-refractivity contribution in [2.24, 2.45) is 23.7 Å². The Balaban J connectivity index is 1.19. The summed E-state index contributed by atoms with van der Waals surface area (Å²) in [5.41, 5.74) is 3.23. The molecule has 240 valence electrons. The standard InChI is InChI=1S/C36H43NO7S/c1-25(30-19-31(20-30)35(38)34-18-13-29(34)23-44-36(39)28-7-5-4-6-8-28)24-45(40,41)37(21-26-9-14-32(42-2)15-10-26)22-27-11-16-33(43-3)17-12-27/h4-12,14-17,19,25,29-30,34-35,38H,13,18,20-24H2,1-3H3/t25-,29+,30?,34-,35+/m1/s1. The van der Waals surface area contributed by atoms with Crippen LogP contribution >= 0.6 is 0 Å². The van der Waals surface area contributed by atoms with Gasteiger partial charge in [0, 0.05) is 13.1 Å². The second-order valence-electron chi connectivity index (χ2n) is 12.2. The molecule has 0 amide bonds. The number of methoxy groups -OCH3 is 2. The quantitative estimate of drug-likeness (QED) is 0.165. The molecule has 1 saturated carbocycles. The molecule has 0 radical (unpaired) electrons. The van der Waals surface area contributed by atoms with Crippen LogP contribution in [0.3, 0.4) is 0 Å². The van der Waals surface area contributed by atoms with Gasteiger partial charge >= 0.3 is 5.97 Å². The van der Waals surface area contributed by atoms with Crippen LogP contribution in [0.25, 0.3) is 0 Å². The molecule has 5 rings (SSSR count). The van der Waals surface area contributed by atoms with Gasteiger partial charge in [0.05, 0.1) is 38.2 Å². The molecule has 5 atom stereocenters. The lowest BCUT2D eigenvalue weighted by Gasteiger charge is -2.43. The van der Waals surface area contributed by atoms with E-state index in [2.05, 4.69) is 0 Å². The van der Waals surface area contributed by atoms with E-state index >= 15 is 0 Å². The van der Waals surface area contributed by atoms with Gasteiger partial charge in [0.15, 0.2) is 0 Å². The number of esters is 1. The number of carbonyl (C=O) groups is 1. The van der Waals surface area contributed by atoms with E-state index in [1.165, 1.54) is 0 Å². The number of allylic oxidation sites excluding steroid dienone is 1. The Labute approximate surface area is 266 Å². The van der Waals surface area contributed by atoms with Gasteiger partial charge < -0.3 is 19.3 Å². The molecule has 0 heterocycles. The smallest absolute Gasteiger partial charge is 0.338 e. The second kappa shape index (κ2) is 14.6. The fourth-order valence-corrected chi connectivity index (χ4v) is 7.93. The van der Waals surface area contributed by atoms with Crippen LogP contribution in [-0.4, -0.2) is 56.5 Å². The van der Waals surface area contributed by atoms with Crippen molar-refractivity contribution in [1.82, 2.24) is 4.31 Å². The number of aliphatic hydroxyl groups is 1. The van der Waals surface area contributed by atoms with Crippen LogP contribution in [0.15, 0.2) is 90.5 Å². The first-order valence-corrected chi connectivity index (χ1v) is 17.1. The van der Waals surface area contributed by atoms with Crippen molar-refractivity contribution in [3.05, 3.63) is 107 Å². The number of nitrogens with zero attached hydrogens (tertiary/aromatic N) is 1. The molecule has 45 heavy (non-hydrogen) atoms. The fraction of sp³-hybridized carbons (Fsp3) is 0.417. The number of hydrogen-bond acceptors (Lipinski definition) is 7. The summed E-state index contributed by atoms with van der Waals surface area (Å²) in [6.07, 6.45) is 3.91. The van der Waals surface area contributed by atoms with Gasteiger partial charge in [-0.05, 0) is 96.0 Å². The average molecular weight is 634 g/mol. The molecule has 2 aliphatic rings. The van der Waals surface area contributed by atoms with Gasteiger partial charge in [0.25, 0.3) is 0 Å². The number of benzene rings is 3. The van der Waals surface area contributed by atoms with Crippen molar-refractivity contribution in [3.63, 3.8) is 0 Å². The lowest BCUT2D eigenvalue weighted by molar-refractivity contribution is -0.0145. The first-order chi connectivity index (χ1) is 21.7. The zero-order chi connectivity index (χ0) is 32.0. The normalized spacial score (nSPS) is 20.7. The second-order valence-corrected chi connectivity index (χ2v) is 14.3. The van der Waals surface area contributed by atoms with Crippen LogP contribution in [0.4, 0.5) is 0 Å². The molecule has 0 spiro atoms. The molecular formula is C36H43NO7S. The summed E-state index contributed by atoms with van der Waals surface area (Å²) in [4.78, 5) is 12.3. The van der Waals surface area contributed by atoms with Crippen LogP contribution in [0, 0.1) is 23.7 Å². The predicted octanol–water partition coefficient (Wildman–Crippen LogP) is 5.86. The first kappa shape index (κ1) is 32.7. The highest BCUT2D eigenvalue weighted by molar-refractivity contribution is 7.89. The fourth-order valence-electron chi connectivity index (χ4n) is 6.11. The van der Waals surface area contributed by atoms with Crippen molar-refractivity contribution in [1.29, 1.82) is 0 Å². The lowest BCUT2D eigenvalue weighted by atomic mass is 9.65. The minimum Gasteiger partial charge on any atom is -0.497 e. The first-order valence-electron chi connectivity index (χ1n) is 15.5. The van der Waals surface area contributed by atoms with Crippen molar-refractivity contribution in [2.45, 2.75) is 45.4 Å². The molecule has 3 aromatic carbocycles. The molecule has 0 aromatic heterocycles. The molecule has 8 nitrogen and oxygen atoms in total. The van der Waals surface area contributed by atoms with Gasteiger partial charge in [-0.2, -0.15) is 4.31 Å².